The zero-order chi connectivity index (χ0) is 12.3. The average molecular weight is 259 g/mol. The quantitative estimate of drug-likeness (QED) is 0.843. The maximum atomic E-state index is 12.8. The standard InChI is InChI=1S/C11H12ClFN2O2/c12-8-5-7(13)1-2-9(8)15-11(16)10-6-14-3-4-17-10/h1-2,5,10,14H,3-4,6H2,(H,15,16). The highest BCUT2D eigenvalue weighted by molar-refractivity contribution is 6.33. The summed E-state index contributed by atoms with van der Waals surface area (Å²) < 4.78 is 18.1. The summed E-state index contributed by atoms with van der Waals surface area (Å²) in [6.07, 6.45) is -0.537. The fraction of sp³-hybridized carbons (Fsp3) is 0.364. The Kier molecular flexibility index (Phi) is 3.93. The Hall–Kier alpha value is -1.17. The molecule has 1 aromatic rings. The van der Waals surface area contributed by atoms with Gasteiger partial charge in [-0.15, -0.1) is 0 Å². The van der Waals surface area contributed by atoms with Crippen LogP contribution in [0, 0.1) is 5.82 Å². The molecule has 0 radical (unpaired) electrons. The summed E-state index contributed by atoms with van der Waals surface area (Å²) in [7, 11) is 0. The summed E-state index contributed by atoms with van der Waals surface area (Å²) in [6.45, 7) is 1.70. The average Bonchev–Trinajstić information content (AvgIpc) is 2.34. The number of hydrogen-bond donors (Lipinski definition) is 2. The Balaban J connectivity index is 2.02. The zero-order valence-electron chi connectivity index (χ0n) is 9.00. The molecule has 1 amide bonds. The van der Waals surface area contributed by atoms with Gasteiger partial charge in [-0.05, 0) is 18.2 Å². The van der Waals surface area contributed by atoms with Crippen molar-refractivity contribution in [3.05, 3.63) is 29.0 Å². The lowest BCUT2D eigenvalue weighted by Gasteiger charge is -2.22. The van der Waals surface area contributed by atoms with Crippen LogP contribution in [0.4, 0.5) is 10.1 Å². The van der Waals surface area contributed by atoms with E-state index in [1.807, 2.05) is 0 Å². The highest BCUT2D eigenvalue weighted by Gasteiger charge is 2.22. The lowest BCUT2D eigenvalue weighted by molar-refractivity contribution is -0.128. The Labute approximate surface area is 103 Å². The third-order valence-electron chi connectivity index (χ3n) is 2.41. The molecule has 2 rings (SSSR count). The van der Waals surface area contributed by atoms with E-state index in [9.17, 15) is 9.18 Å². The molecule has 0 spiro atoms. The molecule has 2 N–H and O–H groups in total. The van der Waals surface area contributed by atoms with Crippen LogP contribution in [0.25, 0.3) is 0 Å². The summed E-state index contributed by atoms with van der Waals surface area (Å²) in [6, 6.07) is 3.81. The molecule has 0 aliphatic carbocycles. The third kappa shape index (κ3) is 3.15. The van der Waals surface area contributed by atoms with Gasteiger partial charge in [-0.3, -0.25) is 4.79 Å². The van der Waals surface area contributed by atoms with Gasteiger partial charge in [0.15, 0.2) is 0 Å². The summed E-state index contributed by atoms with van der Waals surface area (Å²) >= 11 is 5.80. The van der Waals surface area contributed by atoms with Gasteiger partial charge < -0.3 is 15.4 Å². The second-order valence-corrected chi connectivity index (χ2v) is 4.08. The van der Waals surface area contributed by atoms with Gasteiger partial charge >= 0.3 is 0 Å². The number of carbonyl (C=O) groups is 1. The van der Waals surface area contributed by atoms with Crippen LogP contribution in [-0.2, 0) is 9.53 Å². The van der Waals surface area contributed by atoms with Crippen LogP contribution in [0.1, 0.15) is 0 Å². The molecule has 1 fully saturated rings. The van der Waals surface area contributed by atoms with Crippen molar-refractivity contribution in [3.8, 4) is 0 Å². The first kappa shape index (κ1) is 12.3. The number of ether oxygens (including phenoxy) is 1. The molecular formula is C11H12ClFN2O2. The Morgan fingerprint density at radius 1 is 1.59 bits per heavy atom. The number of amides is 1. The second-order valence-electron chi connectivity index (χ2n) is 3.68. The van der Waals surface area contributed by atoms with Crippen molar-refractivity contribution in [2.75, 3.05) is 25.0 Å². The van der Waals surface area contributed by atoms with E-state index in [0.29, 0.717) is 18.8 Å². The van der Waals surface area contributed by atoms with E-state index in [1.165, 1.54) is 12.1 Å². The summed E-state index contributed by atoms with van der Waals surface area (Å²) in [5.74, 6) is -0.728. The lowest BCUT2D eigenvalue weighted by atomic mass is 10.2. The fourth-order valence-electron chi connectivity index (χ4n) is 1.54. The lowest BCUT2D eigenvalue weighted by Crippen LogP contribution is -2.45. The Morgan fingerprint density at radius 3 is 3.06 bits per heavy atom. The minimum absolute atomic E-state index is 0.169. The van der Waals surface area contributed by atoms with Crippen LogP contribution < -0.4 is 10.6 Å². The predicted octanol–water partition coefficient (Wildman–Crippen LogP) is 1.41. The van der Waals surface area contributed by atoms with E-state index in [2.05, 4.69) is 10.6 Å². The topological polar surface area (TPSA) is 50.4 Å². The molecule has 1 aliphatic heterocycles. The molecule has 17 heavy (non-hydrogen) atoms. The molecule has 4 nitrogen and oxygen atoms in total. The van der Waals surface area contributed by atoms with Crippen molar-refractivity contribution in [1.29, 1.82) is 0 Å². The van der Waals surface area contributed by atoms with Crippen molar-refractivity contribution in [3.63, 3.8) is 0 Å². The van der Waals surface area contributed by atoms with Crippen LogP contribution >= 0.6 is 11.6 Å². The van der Waals surface area contributed by atoms with Crippen LogP contribution in [-0.4, -0.2) is 31.7 Å². The molecule has 92 valence electrons. The number of anilines is 1. The molecule has 1 atom stereocenters. The zero-order valence-corrected chi connectivity index (χ0v) is 9.76. The SMILES string of the molecule is O=C(Nc1ccc(F)cc1Cl)C1CNCCO1. The highest BCUT2D eigenvalue weighted by Crippen LogP contribution is 2.22. The van der Waals surface area contributed by atoms with Gasteiger partial charge in [0.2, 0.25) is 0 Å². The smallest absolute Gasteiger partial charge is 0.254 e. The third-order valence-corrected chi connectivity index (χ3v) is 2.72. The van der Waals surface area contributed by atoms with E-state index in [1.54, 1.807) is 0 Å². The van der Waals surface area contributed by atoms with Crippen LogP contribution in [0.15, 0.2) is 18.2 Å². The molecular weight excluding hydrogens is 247 g/mol. The minimum atomic E-state index is -0.537. The first-order valence-corrected chi connectivity index (χ1v) is 5.63. The number of rotatable bonds is 2. The van der Waals surface area contributed by atoms with Gasteiger partial charge in [-0.2, -0.15) is 0 Å². The molecule has 1 aliphatic rings. The second kappa shape index (κ2) is 5.44. The fourth-order valence-corrected chi connectivity index (χ4v) is 1.75. The first-order valence-electron chi connectivity index (χ1n) is 5.25. The summed E-state index contributed by atoms with van der Waals surface area (Å²) in [5, 5.41) is 5.82. The predicted molar refractivity (Wildman–Crippen MR) is 62.6 cm³/mol. The molecule has 1 unspecified atom stereocenters. The molecule has 0 bridgehead atoms. The monoisotopic (exact) mass is 258 g/mol. The Bertz CT molecular complexity index is 422. The van der Waals surface area contributed by atoms with E-state index in [4.69, 9.17) is 16.3 Å². The van der Waals surface area contributed by atoms with Crippen molar-refractivity contribution < 1.29 is 13.9 Å². The molecule has 1 aromatic carbocycles. The van der Waals surface area contributed by atoms with Crippen molar-refractivity contribution in [1.82, 2.24) is 5.32 Å². The number of carbonyl (C=O) groups excluding carboxylic acids is 1. The van der Waals surface area contributed by atoms with Crippen molar-refractivity contribution in [2.24, 2.45) is 0 Å². The molecule has 0 saturated carbocycles. The highest BCUT2D eigenvalue weighted by atomic mass is 35.5. The van der Waals surface area contributed by atoms with Crippen LogP contribution in [0.5, 0.6) is 0 Å². The maximum Gasteiger partial charge on any atom is 0.254 e. The summed E-state index contributed by atoms with van der Waals surface area (Å²) in [5.41, 5.74) is 0.382. The number of nitrogens with one attached hydrogen (secondary N) is 2. The molecule has 0 aromatic heterocycles. The minimum Gasteiger partial charge on any atom is -0.366 e. The van der Waals surface area contributed by atoms with Crippen molar-refractivity contribution in [2.45, 2.75) is 6.10 Å². The summed E-state index contributed by atoms with van der Waals surface area (Å²) in [4.78, 5) is 11.8. The largest absolute Gasteiger partial charge is 0.366 e. The van der Waals surface area contributed by atoms with Gasteiger partial charge in [0.05, 0.1) is 17.3 Å². The molecule has 1 saturated heterocycles. The normalized spacial score (nSPS) is 20.0. The van der Waals surface area contributed by atoms with E-state index in [-0.39, 0.29) is 10.9 Å². The van der Waals surface area contributed by atoms with E-state index in [0.717, 1.165) is 12.6 Å². The van der Waals surface area contributed by atoms with E-state index < -0.39 is 11.9 Å². The van der Waals surface area contributed by atoms with Gasteiger partial charge in [-0.1, -0.05) is 11.6 Å². The van der Waals surface area contributed by atoms with Crippen LogP contribution in [0.2, 0.25) is 5.02 Å². The maximum absolute atomic E-state index is 12.8. The number of morpholine rings is 1. The first-order chi connectivity index (χ1) is 8.16. The number of halogens is 2. The number of benzene rings is 1. The number of hydrogen-bond acceptors (Lipinski definition) is 3. The molecule has 1 heterocycles. The van der Waals surface area contributed by atoms with Crippen molar-refractivity contribution >= 4 is 23.2 Å². The van der Waals surface area contributed by atoms with Gasteiger partial charge in [0.25, 0.3) is 5.91 Å². The Morgan fingerprint density at radius 2 is 2.41 bits per heavy atom. The van der Waals surface area contributed by atoms with Gasteiger partial charge in [0, 0.05) is 13.1 Å². The van der Waals surface area contributed by atoms with Gasteiger partial charge in [-0.25, -0.2) is 4.39 Å². The van der Waals surface area contributed by atoms with E-state index >= 15 is 0 Å². The van der Waals surface area contributed by atoms with Crippen LogP contribution in [0.3, 0.4) is 0 Å². The van der Waals surface area contributed by atoms with Gasteiger partial charge in [0.1, 0.15) is 11.9 Å². The molecule has 6 heteroatoms.